The largest absolute Gasteiger partial charge is 0.480 e. The number of carbonyl (C=O) groups is 2. The third kappa shape index (κ3) is 3.91. The molecule has 0 aliphatic rings. The Balaban J connectivity index is 2.58. The Bertz CT molecular complexity index is 324. The number of hydrogen-bond donors (Lipinski definition) is 2. The maximum Gasteiger partial charge on any atom is 0.321 e. The second-order valence-corrected chi connectivity index (χ2v) is 3.16. The van der Waals surface area contributed by atoms with Crippen molar-refractivity contribution in [3.8, 4) is 0 Å². The van der Waals surface area contributed by atoms with E-state index in [1.165, 1.54) is 0 Å². The monoisotopic (exact) mass is 207 g/mol. The first-order chi connectivity index (χ1) is 7.24. The van der Waals surface area contributed by atoms with E-state index in [2.05, 4.69) is 5.32 Å². The first kappa shape index (κ1) is 11.4. The van der Waals surface area contributed by atoms with E-state index in [1.807, 2.05) is 30.3 Å². The summed E-state index contributed by atoms with van der Waals surface area (Å²) >= 11 is 0. The van der Waals surface area contributed by atoms with Gasteiger partial charge in [0.1, 0.15) is 12.3 Å². The third-order valence-corrected chi connectivity index (χ3v) is 2.03. The number of benzene rings is 1. The first-order valence-corrected chi connectivity index (χ1v) is 4.68. The smallest absolute Gasteiger partial charge is 0.321 e. The van der Waals surface area contributed by atoms with E-state index < -0.39 is 12.0 Å². The topological polar surface area (TPSA) is 66.4 Å². The molecule has 0 bridgehead atoms. The molecule has 80 valence electrons. The minimum absolute atomic E-state index is 0.0593. The zero-order chi connectivity index (χ0) is 11.1. The van der Waals surface area contributed by atoms with Gasteiger partial charge in [-0.1, -0.05) is 30.3 Å². The molecule has 1 rings (SSSR count). The van der Waals surface area contributed by atoms with Gasteiger partial charge in [-0.25, -0.2) is 0 Å². The number of carbonyl (C=O) groups excluding carboxylic acids is 1. The summed E-state index contributed by atoms with van der Waals surface area (Å²) in [5.74, 6) is -0.944. The van der Waals surface area contributed by atoms with Crippen LogP contribution < -0.4 is 5.32 Å². The molecule has 15 heavy (non-hydrogen) atoms. The predicted molar refractivity (Wildman–Crippen MR) is 55.6 cm³/mol. The van der Waals surface area contributed by atoms with Gasteiger partial charge in [-0.05, 0) is 12.0 Å². The molecule has 2 N–H and O–H groups in total. The molecule has 0 saturated carbocycles. The van der Waals surface area contributed by atoms with Crippen LogP contribution in [0.2, 0.25) is 0 Å². The number of rotatable bonds is 6. The molecular weight excluding hydrogens is 194 g/mol. The number of carboxylic acid groups (broad SMARTS) is 1. The second kappa shape index (κ2) is 5.93. The minimum Gasteiger partial charge on any atom is -0.480 e. The Hall–Kier alpha value is -1.68. The van der Waals surface area contributed by atoms with Crippen LogP contribution in [0.1, 0.15) is 5.56 Å². The molecule has 1 aromatic rings. The maximum atomic E-state index is 10.8. The van der Waals surface area contributed by atoms with Gasteiger partial charge in [0.15, 0.2) is 0 Å². The van der Waals surface area contributed by atoms with Crippen LogP contribution in [-0.4, -0.2) is 29.9 Å². The second-order valence-electron chi connectivity index (χ2n) is 3.16. The van der Waals surface area contributed by atoms with Crippen molar-refractivity contribution in [2.75, 3.05) is 6.54 Å². The molecule has 0 saturated heterocycles. The Morgan fingerprint density at radius 2 is 2.07 bits per heavy atom. The van der Waals surface area contributed by atoms with Gasteiger partial charge in [-0.3, -0.25) is 10.1 Å². The highest BCUT2D eigenvalue weighted by molar-refractivity contribution is 5.74. The standard InChI is InChI=1S/C11H13NO3/c13-7-6-12-10(11(14)15)8-9-4-2-1-3-5-9/h1-5,7,10,12H,6,8H2,(H,14,15). The van der Waals surface area contributed by atoms with Crippen molar-refractivity contribution < 1.29 is 14.7 Å². The van der Waals surface area contributed by atoms with Crippen LogP contribution in [0.15, 0.2) is 30.3 Å². The first-order valence-electron chi connectivity index (χ1n) is 4.68. The van der Waals surface area contributed by atoms with E-state index in [1.54, 1.807) is 0 Å². The summed E-state index contributed by atoms with van der Waals surface area (Å²) in [4.78, 5) is 21.0. The van der Waals surface area contributed by atoms with Crippen LogP contribution in [0.3, 0.4) is 0 Å². The Morgan fingerprint density at radius 1 is 1.40 bits per heavy atom. The molecular formula is C11H13NO3. The van der Waals surface area contributed by atoms with Gasteiger partial charge in [0.2, 0.25) is 0 Å². The summed E-state index contributed by atoms with van der Waals surface area (Å²) in [5, 5.41) is 11.5. The quantitative estimate of drug-likeness (QED) is 0.665. The van der Waals surface area contributed by atoms with Gasteiger partial charge >= 0.3 is 5.97 Å². The fourth-order valence-electron chi connectivity index (χ4n) is 1.29. The Morgan fingerprint density at radius 3 is 2.60 bits per heavy atom. The highest BCUT2D eigenvalue weighted by Crippen LogP contribution is 2.03. The fourth-order valence-corrected chi connectivity index (χ4v) is 1.29. The van der Waals surface area contributed by atoms with Crippen molar-refractivity contribution in [2.45, 2.75) is 12.5 Å². The lowest BCUT2D eigenvalue weighted by atomic mass is 10.1. The number of aldehydes is 1. The molecule has 1 unspecified atom stereocenters. The number of aliphatic carboxylic acids is 1. The van der Waals surface area contributed by atoms with Crippen LogP contribution in [-0.2, 0) is 16.0 Å². The van der Waals surface area contributed by atoms with Crippen molar-refractivity contribution in [3.63, 3.8) is 0 Å². The number of hydrogen-bond acceptors (Lipinski definition) is 3. The van der Waals surface area contributed by atoms with Crippen molar-refractivity contribution in [3.05, 3.63) is 35.9 Å². The number of carboxylic acids is 1. The highest BCUT2D eigenvalue weighted by atomic mass is 16.4. The molecule has 0 heterocycles. The van der Waals surface area contributed by atoms with Crippen molar-refractivity contribution >= 4 is 12.3 Å². The minimum atomic E-state index is -0.944. The summed E-state index contributed by atoms with van der Waals surface area (Å²) in [5.41, 5.74) is 0.934. The molecule has 0 aliphatic heterocycles. The Labute approximate surface area is 87.9 Å². The van der Waals surface area contributed by atoms with Gasteiger partial charge in [0, 0.05) is 0 Å². The molecule has 0 aromatic heterocycles. The molecule has 0 spiro atoms. The molecule has 0 amide bonds. The lowest BCUT2D eigenvalue weighted by Gasteiger charge is -2.12. The lowest BCUT2D eigenvalue weighted by molar-refractivity contribution is -0.139. The predicted octanol–water partition coefficient (Wildman–Crippen LogP) is 0.471. The summed E-state index contributed by atoms with van der Waals surface area (Å²) in [6, 6.07) is 8.59. The van der Waals surface area contributed by atoms with E-state index in [0.717, 1.165) is 5.56 Å². The maximum absolute atomic E-state index is 10.8. The van der Waals surface area contributed by atoms with Crippen molar-refractivity contribution in [1.82, 2.24) is 5.32 Å². The van der Waals surface area contributed by atoms with E-state index in [9.17, 15) is 9.59 Å². The van der Waals surface area contributed by atoms with E-state index in [0.29, 0.717) is 12.7 Å². The summed E-state index contributed by atoms with van der Waals surface area (Å²) in [7, 11) is 0. The van der Waals surface area contributed by atoms with E-state index >= 15 is 0 Å². The van der Waals surface area contributed by atoms with Gasteiger partial charge in [-0.15, -0.1) is 0 Å². The van der Waals surface area contributed by atoms with Gasteiger partial charge in [-0.2, -0.15) is 0 Å². The summed E-state index contributed by atoms with van der Waals surface area (Å²) < 4.78 is 0. The average molecular weight is 207 g/mol. The summed E-state index contributed by atoms with van der Waals surface area (Å²) in [6.07, 6.45) is 1.03. The zero-order valence-electron chi connectivity index (χ0n) is 8.22. The van der Waals surface area contributed by atoms with E-state index in [4.69, 9.17) is 5.11 Å². The lowest BCUT2D eigenvalue weighted by Crippen LogP contribution is -2.39. The normalized spacial score (nSPS) is 12.0. The summed E-state index contributed by atoms with van der Waals surface area (Å²) in [6.45, 7) is 0.0593. The highest BCUT2D eigenvalue weighted by Gasteiger charge is 2.16. The van der Waals surface area contributed by atoms with Crippen molar-refractivity contribution in [2.24, 2.45) is 0 Å². The molecule has 1 atom stereocenters. The van der Waals surface area contributed by atoms with Crippen LogP contribution in [0.25, 0.3) is 0 Å². The van der Waals surface area contributed by atoms with Crippen LogP contribution in [0, 0.1) is 0 Å². The molecule has 0 aliphatic carbocycles. The van der Waals surface area contributed by atoms with Crippen LogP contribution in [0.5, 0.6) is 0 Å². The fraction of sp³-hybridized carbons (Fsp3) is 0.273. The van der Waals surface area contributed by atoms with Gasteiger partial charge in [0.25, 0.3) is 0 Å². The molecule has 0 radical (unpaired) electrons. The van der Waals surface area contributed by atoms with Crippen LogP contribution >= 0.6 is 0 Å². The SMILES string of the molecule is O=CCNC(Cc1ccccc1)C(=O)O. The van der Waals surface area contributed by atoms with Crippen molar-refractivity contribution in [1.29, 1.82) is 0 Å². The van der Waals surface area contributed by atoms with Gasteiger partial charge < -0.3 is 9.90 Å². The van der Waals surface area contributed by atoms with Gasteiger partial charge in [0.05, 0.1) is 6.54 Å². The molecule has 4 heteroatoms. The van der Waals surface area contributed by atoms with E-state index in [-0.39, 0.29) is 6.54 Å². The van der Waals surface area contributed by atoms with Crippen LogP contribution in [0.4, 0.5) is 0 Å². The number of nitrogens with one attached hydrogen (secondary N) is 1. The Kier molecular flexibility index (Phi) is 4.50. The molecule has 4 nitrogen and oxygen atoms in total. The zero-order valence-corrected chi connectivity index (χ0v) is 8.22. The average Bonchev–Trinajstić information content (AvgIpc) is 2.25. The molecule has 1 aromatic carbocycles. The molecule has 0 fully saturated rings. The third-order valence-electron chi connectivity index (χ3n) is 2.03.